The van der Waals surface area contributed by atoms with E-state index >= 15 is 0 Å². The normalized spacial score (nSPS) is 10.7. The number of halogens is 1. The summed E-state index contributed by atoms with van der Waals surface area (Å²) in [4.78, 5) is 0. The van der Waals surface area contributed by atoms with Crippen molar-refractivity contribution in [3.8, 4) is 5.75 Å². The van der Waals surface area contributed by atoms with E-state index in [1.807, 2.05) is 54.6 Å². The molecule has 1 nitrogen and oxygen atoms in total. The maximum atomic E-state index is 5.83. The lowest BCUT2D eigenvalue weighted by molar-refractivity contribution is 0.305. The maximum Gasteiger partial charge on any atom is 0.127 e. The van der Waals surface area contributed by atoms with Crippen molar-refractivity contribution in [2.45, 2.75) is 6.61 Å². The average Bonchev–Trinajstić information content (AvgIpc) is 2.45. The van der Waals surface area contributed by atoms with E-state index in [4.69, 9.17) is 16.3 Å². The second-order valence-corrected chi connectivity index (χ2v) is 4.18. The zero-order valence-corrected chi connectivity index (χ0v) is 10.8. The third-order valence-corrected chi connectivity index (χ3v) is 2.72. The molecule has 0 N–H and O–H groups in total. The second kappa shape index (κ2) is 6.87. The smallest absolute Gasteiger partial charge is 0.127 e. The van der Waals surface area contributed by atoms with Crippen LogP contribution in [0.3, 0.4) is 0 Å². The summed E-state index contributed by atoms with van der Waals surface area (Å²) in [6, 6.07) is 18.1. The first-order valence-electron chi connectivity index (χ1n) is 5.88. The predicted octanol–water partition coefficient (Wildman–Crippen LogP) is 4.52. The SMILES string of the molecule is ClC/C=C/c1ccccc1OCc1ccccc1. The fourth-order valence-electron chi connectivity index (χ4n) is 1.66. The first-order valence-corrected chi connectivity index (χ1v) is 6.42. The third kappa shape index (κ3) is 3.64. The number of hydrogen-bond acceptors (Lipinski definition) is 1. The van der Waals surface area contributed by atoms with Gasteiger partial charge in [-0.15, -0.1) is 11.6 Å². The van der Waals surface area contributed by atoms with Crippen LogP contribution < -0.4 is 4.74 Å². The van der Waals surface area contributed by atoms with Crippen LogP contribution >= 0.6 is 11.6 Å². The molecule has 0 heterocycles. The molecule has 0 aromatic heterocycles. The van der Waals surface area contributed by atoms with Crippen molar-refractivity contribution in [1.29, 1.82) is 0 Å². The van der Waals surface area contributed by atoms with Gasteiger partial charge in [0, 0.05) is 11.4 Å². The van der Waals surface area contributed by atoms with Crippen LogP contribution in [0.1, 0.15) is 11.1 Å². The highest BCUT2D eigenvalue weighted by Gasteiger charge is 1.99. The minimum absolute atomic E-state index is 0.507. The molecule has 0 saturated carbocycles. The van der Waals surface area contributed by atoms with Crippen molar-refractivity contribution in [1.82, 2.24) is 0 Å². The van der Waals surface area contributed by atoms with Crippen molar-refractivity contribution < 1.29 is 4.74 Å². The van der Waals surface area contributed by atoms with Gasteiger partial charge in [0.15, 0.2) is 0 Å². The Kier molecular flexibility index (Phi) is 4.86. The third-order valence-electron chi connectivity index (χ3n) is 2.54. The van der Waals surface area contributed by atoms with Crippen molar-refractivity contribution >= 4 is 17.7 Å². The van der Waals surface area contributed by atoms with Gasteiger partial charge >= 0.3 is 0 Å². The Morgan fingerprint density at radius 2 is 1.67 bits per heavy atom. The Labute approximate surface area is 113 Å². The van der Waals surface area contributed by atoms with E-state index in [1.54, 1.807) is 0 Å². The molecule has 2 aromatic carbocycles. The van der Waals surface area contributed by atoms with Gasteiger partial charge in [0.2, 0.25) is 0 Å². The molecule has 2 rings (SSSR count). The highest BCUT2D eigenvalue weighted by Crippen LogP contribution is 2.20. The molecule has 0 amide bonds. The summed E-state index contributed by atoms with van der Waals surface area (Å²) in [6.45, 7) is 0.576. The highest BCUT2D eigenvalue weighted by molar-refractivity contribution is 6.19. The van der Waals surface area contributed by atoms with Crippen LogP contribution in [0.25, 0.3) is 6.08 Å². The van der Waals surface area contributed by atoms with E-state index in [0.29, 0.717) is 12.5 Å². The molecule has 0 aliphatic carbocycles. The molecular formula is C16H15ClO. The van der Waals surface area contributed by atoms with E-state index in [1.165, 1.54) is 0 Å². The molecule has 0 atom stereocenters. The summed E-state index contributed by atoms with van der Waals surface area (Å²) >= 11 is 5.65. The van der Waals surface area contributed by atoms with E-state index in [-0.39, 0.29) is 0 Å². The Balaban J connectivity index is 2.07. The Hall–Kier alpha value is -1.73. The first kappa shape index (κ1) is 12.7. The monoisotopic (exact) mass is 258 g/mol. The minimum Gasteiger partial charge on any atom is -0.488 e. The molecule has 2 heteroatoms. The van der Waals surface area contributed by atoms with Gasteiger partial charge in [0.1, 0.15) is 12.4 Å². The molecule has 0 spiro atoms. The van der Waals surface area contributed by atoms with Crippen LogP contribution in [0.15, 0.2) is 60.7 Å². The number of ether oxygens (including phenoxy) is 1. The summed E-state index contributed by atoms with van der Waals surface area (Å²) in [5.41, 5.74) is 2.21. The van der Waals surface area contributed by atoms with Crippen LogP contribution in [-0.2, 0) is 6.61 Å². The lowest BCUT2D eigenvalue weighted by Gasteiger charge is -2.09. The Bertz CT molecular complexity index is 506. The van der Waals surface area contributed by atoms with Gasteiger partial charge in [-0.05, 0) is 11.6 Å². The van der Waals surface area contributed by atoms with Crippen molar-refractivity contribution in [3.63, 3.8) is 0 Å². The van der Waals surface area contributed by atoms with Gasteiger partial charge in [-0.1, -0.05) is 60.7 Å². The topological polar surface area (TPSA) is 9.23 Å². The lowest BCUT2D eigenvalue weighted by atomic mass is 10.2. The molecular weight excluding hydrogens is 244 g/mol. The van der Waals surface area contributed by atoms with Crippen LogP contribution in [0.4, 0.5) is 0 Å². The summed E-state index contributed by atoms with van der Waals surface area (Å²) in [5, 5.41) is 0. The molecule has 0 aliphatic heterocycles. The summed E-state index contributed by atoms with van der Waals surface area (Å²) in [6.07, 6.45) is 3.89. The molecule has 0 aliphatic rings. The van der Waals surface area contributed by atoms with E-state index in [2.05, 4.69) is 12.1 Å². The second-order valence-electron chi connectivity index (χ2n) is 3.87. The zero-order valence-electron chi connectivity index (χ0n) is 10.1. The van der Waals surface area contributed by atoms with E-state index < -0.39 is 0 Å². The number of alkyl halides is 1. The molecule has 0 unspecified atom stereocenters. The molecule has 0 saturated heterocycles. The summed E-state index contributed by atoms with van der Waals surface area (Å²) in [7, 11) is 0. The zero-order chi connectivity index (χ0) is 12.6. The standard InChI is InChI=1S/C16H15ClO/c17-12-6-10-15-9-4-5-11-16(15)18-13-14-7-2-1-3-8-14/h1-11H,12-13H2/b10-6+. The number of hydrogen-bond donors (Lipinski definition) is 0. The molecule has 18 heavy (non-hydrogen) atoms. The van der Waals surface area contributed by atoms with E-state index in [0.717, 1.165) is 16.9 Å². The maximum absolute atomic E-state index is 5.83. The molecule has 92 valence electrons. The number of rotatable bonds is 5. The van der Waals surface area contributed by atoms with Crippen molar-refractivity contribution in [2.24, 2.45) is 0 Å². The van der Waals surface area contributed by atoms with Gasteiger partial charge < -0.3 is 4.74 Å². The van der Waals surface area contributed by atoms with Crippen LogP contribution in [0, 0.1) is 0 Å². The predicted molar refractivity (Wildman–Crippen MR) is 77.0 cm³/mol. The number of para-hydroxylation sites is 1. The first-order chi connectivity index (χ1) is 8.90. The van der Waals surface area contributed by atoms with Gasteiger partial charge in [-0.2, -0.15) is 0 Å². The summed E-state index contributed by atoms with van der Waals surface area (Å²) < 4.78 is 5.83. The lowest BCUT2D eigenvalue weighted by Crippen LogP contribution is -1.96. The molecule has 0 bridgehead atoms. The fraction of sp³-hybridized carbons (Fsp3) is 0.125. The molecule has 0 fully saturated rings. The average molecular weight is 259 g/mol. The molecule has 2 aromatic rings. The number of benzene rings is 2. The summed E-state index contributed by atoms with van der Waals surface area (Å²) in [5.74, 6) is 1.38. The van der Waals surface area contributed by atoms with E-state index in [9.17, 15) is 0 Å². The van der Waals surface area contributed by atoms with Gasteiger partial charge in [0.25, 0.3) is 0 Å². The van der Waals surface area contributed by atoms with Crippen LogP contribution in [0.5, 0.6) is 5.75 Å². The minimum atomic E-state index is 0.507. The largest absolute Gasteiger partial charge is 0.488 e. The Morgan fingerprint density at radius 1 is 0.944 bits per heavy atom. The fourth-order valence-corrected chi connectivity index (χ4v) is 1.75. The van der Waals surface area contributed by atoms with Crippen molar-refractivity contribution in [2.75, 3.05) is 5.88 Å². The van der Waals surface area contributed by atoms with Crippen LogP contribution in [-0.4, -0.2) is 5.88 Å². The van der Waals surface area contributed by atoms with Gasteiger partial charge in [0.05, 0.1) is 0 Å². The highest BCUT2D eigenvalue weighted by atomic mass is 35.5. The number of allylic oxidation sites excluding steroid dienone is 1. The van der Waals surface area contributed by atoms with Gasteiger partial charge in [-0.25, -0.2) is 0 Å². The van der Waals surface area contributed by atoms with Crippen molar-refractivity contribution in [3.05, 3.63) is 71.8 Å². The molecule has 0 radical (unpaired) electrons. The van der Waals surface area contributed by atoms with Gasteiger partial charge in [-0.3, -0.25) is 0 Å². The Morgan fingerprint density at radius 3 is 2.44 bits per heavy atom. The quantitative estimate of drug-likeness (QED) is 0.717. The van der Waals surface area contributed by atoms with Crippen LogP contribution in [0.2, 0.25) is 0 Å².